The number of carbonyl (C=O) groups is 2. The highest BCUT2D eigenvalue weighted by Crippen LogP contribution is 2.02. The van der Waals surface area contributed by atoms with Crippen molar-refractivity contribution in [2.24, 2.45) is 5.73 Å². The Morgan fingerprint density at radius 3 is 2.53 bits per heavy atom. The molecule has 0 unspecified atom stereocenters. The Hall–Kier alpha value is -0.710. The fourth-order valence-corrected chi connectivity index (χ4v) is 1.49. The highest BCUT2D eigenvalue weighted by atomic mass is 32.2. The van der Waals surface area contributed by atoms with Gasteiger partial charge in [-0.05, 0) is 18.6 Å². The lowest BCUT2D eigenvalue weighted by Gasteiger charge is -2.03. The van der Waals surface area contributed by atoms with Crippen LogP contribution in [0.1, 0.15) is 32.6 Å². The van der Waals surface area contributed by atoms with Crippen molar-refractivity contribution < 1.29 is 14.3 Å². The molecule has 0 fully saturated rings. The largest absolute Gasteiger partial charge is 0.465 e. The first kappa shape index (κ1) is 14.3. The third-order valence-corrected chi connectivity index (χ3v) is 2.61. The van der Waals surface area contributed by atoms with Gasteiger partial charge < -0.3 is 10.5 Å². The molecule has 0 atom stereocenters. The van der Waals surface area contributed by atoms with Crippen LogP contribution in [0, 0.1) is 0 Å². The van der Waals surface area contributed by atoms with Crippen LogP contribution in [0.5, 0.6) is 0 Å². The molecule has 0 radical (unpaired) electrons. The third-order valence-electron chi connectivity index (χ3n) is 1.75. The number of nitrogens with two attached hydrogens (primary N) is 1. The monoisotopic (exact) mass is 233 g/mol. The summed E-state index contributed by atoms with van der Waals surface area (Å²) in [5.41, 5.74) is 4.96. The van der Waals surface area contributed by atoms with Crippen molar-refractivity contribution in [3.8, 4) is 0 Å². The number of unbranched alkanes of at least 4 members (excludes halogenated alkanes) is 1. The third kappa shape index (κ3) is 11.2. The summed E-state index contributed by atoms with van der Waals surface area (Å²) in [5.74, 6) is 1.39. The normalized spacial score (nSPS) is 9.93. The quantitative estimate of drug-likeness (QED) is 0.482. The fourth-order valence-electron chi connectivity index (χ4n) is 1.000. The summed E-state index contributed by atoms with van der Waals surface area (Å²) in [4.78, 5) is 21.5. The zero-order valence-corrected chi connectivity index (χ0v) is 9.98. The number of esters is 1. The molecular formula is C10H19NO3S. The molecule has 0 saturated heterocycles. The van der Waals surface area contributed by atoms with E-state index in [1.54, 1.807) is 11.8 Å². The van der Waals surface area contributed by atoms with E-state index in [0.29, 0.717) is 32.3 Å². The molecular weight excluding hydrogens is 214 g/mol. The molecule has 0 aromatic carbocycles. The molecule has 0 bridgehead atoms. The Morgan fingerprint density at radius 1 is 1.27 bits per heavy atom. The van der Waals surface area contributed by atoms with Crippen LogP contribution in [-0.2, 0) is 14.3 Å². The molecule has 0 rings (SSSR count). The Kier molecular flexibility index (Phi) is 9.36. The van der Waals surface area contributed by atoms with Crippen LogP contribution in [0.4, 0.5) is 0 Å². The maximum absolute atomic E-state index is 11.1. The van der Waals surface area contributed by atoms with Gasteiger partial charge >= 0.3 is 5.97 Å². The Morgan fingerprint density at radius 2 is 1.93 bits per heavy atom. The van der Waals surface area contributed by atoms with Gasteiger partial charge in [-0.3, -0.25) is 9.59 Å². The van der Waals surface area contributed by atoms with Crippen LogP contribution in [0.2, 0.25) is 0 Å². The number of hydrogen-bond acceptors (Lipinski definition) is 4. The number of primary amides is 1. The number of amides is 1. The lowest BCUT2D eigenvalue weighted by atomic mass is 10.2. The van der Waals surface area contributed by atoms with Gasteiger partial charge in [0, 0.05) is 18.6 Å². The van der Waals surface area contributed by atoms with E-state index in [2.05, 4.69) is 6.92 Å². The molecule has 15 heavy (non-hydrogen) atoms. The van der Waals surface area contributed by atoms with E-state index < -0.39 is 0 Å². The van der Waals surface area contributed by atoms with E-state index in [1.807, 2.05) is 0 Å². The minimum atomic E-state index is -0.317. The van der Waals surface area contributed by atoms with E-state index in [-0.39, 0.29) is 11.9 Å². The van der Waals surface area contributed by atoms with Gasteiger partial charge in [0.2, 0.25) is 5.91 Å². The second kappa shape index (κ2) is 9.83. The average molecular weight is 233 g/mol. The lowest BCUT2D eigenvalue weighted by Crippen LogP contribution is -2.11. The standard InChI is InChI=1S/C10H19NO3S/c1-2-15-8-7-14-10(13)6-4-3-5-9(11)12/h2-8H2,1H3,(H2,11,12). The van der Waals surface area contributed by atoms with Crippen molar-refractivity contribution in [1.29, 1.82) is 0 Å². The second-order valence-electron chi connectivity index (χ2n) is 3.09. The van der Waals surface area contributed by atoms with Crippen LogP contribution in [0.15, 0.2) is 0 Å². The highest BCUT2D eigenvalue weighted by molar-refractivity contribution is 7.99. The molecule has 0 aliphatic carbocycles. The van der Waals surface area contributed by atoms with Crippen LogP contribution >= 0.6 is 11.8 Å². The number of rotatable bonds is 9. The Balaban J connectivity index is 3.22. The first-order valence-corrected chi connectivity index (χ1v) is 6.34. The van der Waals surface area contributed by atoms with Crippen LogP contribution in [0.25, 0.3) is 0 Å². The topological polar surface area (TPSA) is 69.4 Å². The maximum atomic E-state index is 11.1. The van der Waals surface area contributed by atoms with E-state index in [1.165, 1.54) is 0 Å². The molecule has 0 heterocycles. The minimum absolute atomic E-state index is 0.184. The average Bonchev–Trinajstić information content (AvgIpc) is 2.19. The molecule has 88 valence electrons. The highest BCUT2D eigenvalue weighted by Gasteiger charge is 2.02. The summed E-state index contributed by atoms with van der Waals surface area (Å²) < 4.78 is 4.98. The Labute approximate surface area is 94.9 Å². The number of carbonyl (C=O) groups excluding carboxylic acids is 2. The summed E-state index contributed by atoms with van der Waals surface area (Å²) in [6.07, 6.45) is 2.06. The maximum Gasteiger partial charge on any atom is 0.305 e. The molecule has 0 saturated carbocycles. The van der Waals surface area contributed by atoms with Gasteiger partial charge in [0.1, 0.15) is 6.61 Å². The smallest absolute Gasteiger partial charge is 0.305 e. The first-order chi connectivity index (χ1) is 7.16. The lowest BCUT2D eigenvalue weighted by molar-refractivity contribution is -0.143. The van der Waals surface area contributed by atoms with Crippen molar-refractivity contribution in [2.75, 3.05) is 18.1 Å². The molecule has 0 aromatic heterocycles. The summed E-state index contributed by atoms with van der Waals surface area (Å²) in [7, 11) is 0. The fraction of sp³-hybridized carbons (Fsp3) is 0.800. The second-order valence-corrected chi connectivity index (χ2v) is 4.48. The van der Waals surface area contributed by atoms with Crippen molar-refractivity contribution in [3.63, 3.8) is 0 Å². The predicted molar refractivity (Wildman–Crippen MR) is 61.6 cm³/mol. The van der Waals surface area contributed by atoms with E-state index in [4.69, 9.17) is 10.5 Å². The van der Waals surface area contributed by atoms with Gasteiger partial charge in [-0.2, -0.15) is 11.8 Å². The van der Waals surface area contributed by atoms with Crippen molar-refractivity contribution in [1.82, 2.24) is 0 Å². The SMILES string of the molecule is CCSCCOC(=O)CCCCC(N)=O. The summed E-state index contributed by atoms with van der Waals surface area (Å²) >= 11 is 1.74. The molecule has 5 heteroatoms. The summed E-state index contributed by atoms with van der Waals surface area (Å²) in [6, 6.07) is 0. The van der Waals surface area contributed by atoms with Crippen molar-refractivity contribution in [2.45, 2.75) is 32.6 Å². The molecule has 0 aliphatic rings. The molecule has 0 aliphatic heterocycles. The number of ether oxygens (including phenoxy) is 1. The molecule has 4 nitrogen and oxygen atoms in total. The summed E-state index contributed by atoms with van der Waals surface area (Å²) in [6.45, 7) is 2.55. The van der Waals surface area contributed by atoms with Gasteiger partial charge in [0.15, 0.2) is 0 Å². The van der Waals surface area contributed by atoms with Gasteiger partial charge in [-0.15, -0.1) is 0 Å². The van der Waals surface area contributed by atoms with E-state index in [9.17, 15) is 9.59 Å². The zero-order valence-electron chi connectivity index (χ0n) is 9.16. The van der Waals surface area contributed by atoms with Crippen LogP contribution in [-0.4, -0.2) is 30.0 Å². The molecule has 2 N–H and O–H groups in total. The van der Waals surface area contributed by atoms with Gasteiger partial charge in [0.05, 0.1) is 0 Å². The number of thioether (sulfide) groups is 1. The van der Waals surface area contributed by atoms with E-state index in [0.717, 1.165) is 11.5 Å². The minimum Gasteiger partial charge on any atom is -0.465 e. The van der Waals surface area contributed by atoms with Gasteiger partial charge in [-0.1, -0.05) is 6.92 Å². The van der Waals surface area contributed by atoms with Crippen LogP contribution < -0.4 is 5.73 Å². The predicted octanol–water partition coefficient (Wildman–Crippen LogP) is 1.33. The zero-order chi connectivity index (χ0) is 11.5. The first-order valence-electron chi connectivity index (χ1n) is 5.18. The number of hydrogen-bond donors (Lipinski definition) is 1. The molecule has 0 spiro atoms. The van der Waals surface area contributed by atoms with Crippen molar-refractivity contribution >= 4 is 23.6 Å². The molecule has 0 aromatic rings. The van der Waals surface area contributed by atoms with Gasteiger partial charge in [0.25, 0.3) is 0 Å². The summed E-state index contributed by atoms with van der Waals surface area (Å²) in [5, 5.41) is 0. The van der Waals surface area contributed by atoms with E-state index >= 15 is 0 Å². The van der Waals surface area contributed by atoms with Crippen LogP contribution in [0.3, 0.4) is 0 Å². The Bertz CT molecular complexity index is 197. The van der Waals surface area contributed by atoms with Crippen molar-refractivity contribution in [3.05, 3.63) is 0 Å². The molecule has 1 amide bonds. The van der Waals surface area contributed by atoms with Gasteiger partial charge in [-0.25, -0.2) is 0 Å².